The minimum absolute atomic E-state index is 0.650. The summed E-state index contributed by atoms with van der Waals surface area (Å²) in [5.74, 6) is 0.0897. The highest BCUT2D eigenvalue weighted by atomic mass is 32.2. The van der Waals surface area contributed by atoms with Crippen LogP contribution >= 0.6 is 11.8 Å². The molecule has 1 aliphatic rings. The third-order valence-corrected chi connectivity index (χ3v) is 4.25. The van der Waals surface area contributed by atoms with Crippen molar-refractivity contribution in [3.8, 4) is 0 Å². The van der Waals surface area contributed by atoms with Gasteiger partial charge in [0.2, 0.25) is 0 Å². The van der Waals surface area contributed by atoms with Crippen molar-refractivity contribution in [2.75, 3.05) is 19.8 Å². The third-order valence-electron chi connectivity index (χ3n) is 3.17. The first-order valence-electron chi connectivity index (χ1n) is 5.22. The van der Waals surface area contributed by atoms with Crippen LogP contribution in [0.4, 0.5) is 0 Å². The number of thioether (sulfide) groups is 1. The lowest BCUT2D eigenvalue weighted by atomic mass is 9.85. The van der Waals surface area contributed by atoms with Gasteiger partial charge in [-0.25, -0.2) is 4.79 Å². The number of hydrogen-bond donors (Lipinski definition) is 1. The molecule has 1 N–H and O–H groups in total. The number of carbonyl (C=O) groups is 1. The monoisotopic (exact) mass is 237 g/mol. The summed E-state index contributed by atoms with van der Waals surface area (Å²) in [6.45, 7) is 0. The van der Waals surface area contributed by atoms with Gasteiger partial charge < -0.3 is 5.11 Å². The summed E-state index contributed by atoms with van der Waals surface area (Å²) in [7, 11) is 3.67. The molecule has 86 valence electrons. The van der Waals surface area contributed by atoms with Gasteiger partial charge in [0.15, 0.2) is 0 Å². The third kappa shape index (κ3) is 1.53. The normalized spacial score (nSPS) is 24.2. The molecule has 0 saturated heterocycles. The van der Waals surface area contributed by atoms with Gasteiger partial charge >= 0.3 is 5.97 Å². The van der Waals surface area contributed by atoms with Gasteiger partial charge in [-0.05, 0) is 32.1 Å². The molecule has 1 aromatic carbocycles. The Balaban J connectivity index is 2.61. The van der Waals surface area contributed by atoms with Crippen LogP contribution in [0, 0.1) is 0 Å². The lowest BCUT2D eigenvalue weighted by Crippen LogP contribution is -2.50. The molecule has 1 aromatic rings. The number of fused-ring (bicyclic) bond motifs is 1. The molecule has 0 radical (unpaired) electrons. The highest BCUT2D eigenvalue weighted by Crippen LogP contribution is 2.43. The van der Waals surface area contributed by atoms with Crippen molar-refractivity contribution in [3.05, 3.63) is 29.8 Å². The van der Waals surface area contributed by atoms with E-state index in [1.54, 1.807) is 11.8 Å². The van der Waals surface area contributed by atoms with E-state index in [1.165, 1.54) is 0 Å². The Morgan fingerprint density at radius 1 is 1.44 bits per heavy atom. The van der Waals surface area contributed by atoms with Gasteiger partial charge in [0.05, 0.1) is 0 Å². The summed E-state index contributed by atoms with van der Waals surface area (Å²) in [5.41, 5.74) is 0.0609. The van der Waals surface area contributed by atoms with Gasteiger partial charge in [-0.15, -0.1) is 11.8 Å². The first-order valence-corrected chi connectivity index (χ1v) is 6.21. The standard InChI is InChI=1S/C12H15NO2S/c1-13(2)12(11(14)15)7-8-16-10-6-4-3-5-9(10)12/h3-6H,7-8H2,1-2H3,(H,14,15). The number of rotatable bonds is 2. The Labute approximate surface area is 99.5 Å². The van der Waals surface area contributed by atoms with Crippen LogP contribution in [0.3, 0.4) is 0 Å². The fourth-order valence-electron chi connectivity index (χ4n) is 2.26. The van der Waals surface area contributed by atoms with Gasteiger partial charge in [0, 0.05) is 10.6 Å². The maximum atomic E-state index is 11.6. The maximum absolute atomic E-state index is 11.6. The Morgan fingerprint density at radius 3 is 2.75 bits per heavy atom. The highest BCUT2D eigenvalue weighted by Gasteiger charge is 2.45. The fraction of sp³-hybridized carbons (Fsp3) is 0.417. The Morgan fingerprint density at radius 2 is 2.12 bits per heavy atom. The first kappa shape index (κ1) is 11.5. The van der Waals surface area contributed by atoms with Crippen molar-refractivity contribution in [2.24, 2.45) is 0 Å². The van der Waals surface area contributed by atoms with Crippen LogP contribution in [-0.2, 0) is 10.3 Å². The van der Waals surface area contributed by atoms with Gasteiger partial charge in [-0.2, -0.15) is 0 Å². The predicted octanol–water partition coefficient (Wildman–Crippen LogP) is 2.02. The second-order valence-electron chi connectivity index (χ2n) is 4.15. The smallest absolute Gasteiger partial charge is 0.328 e. The molecule has 0 aromatic heterocycles. The molecule has 1 atom stereocenters. The van der Waals surface area contributed by atoms with Crippen LogP contribution in [0.5, 0.6) is 0 Å². The number of carboxylic acid groups (broad SMARTS) is 1. The first-order chi connectivity index (χ1) is 7.59. The van der Waals surface area contributed by atoms with Crippen LogP contribution in [0.2, 0.25) is 0 Å². The summed E-state index contributed by atoms with van der Waals surface area (Å²) in [5, 5.41) is 9.56. The van der Waals surface area contributed by atoms with Crippen LogP contribution < -0.4 is 0 Å². The zero-order valence-corrected chi connectivity index (χ0v) is 10.3. The topological polar surface area (TPSA) is 40.5 Å². The molecular formula is C12H15NO2S. The average Bonchev–Trinajstić information content (AvgIpc) is 2.27. The lowest BCUT2D eigenvalue weighted by molar-refractivity contribution is -0.151. The molecule has 0 spiro atoms. The highest BCUT2D eigenvalue weighted by molar-refractivity contribution is 7.99. The second-order valence-corrected chi connectivity index (χ2v) is 5.29. The van der Waals surface area contributed by atoms with Crippen LogP contribution in [0.1, 0.15) is 12.0 Å². The van der Waals surface area contributed by atoms with Gasteiger partial charge in [-0.1, -0.05) is 18.2 Å². The Bertz CT molecular complexity index is 419. The summed E-state index contributed by atoms with van der Waals surface area (Å²) >= 11 is 1.74. The van der Waals surface area contributed by atoms with Crippen molar-refractivity contribution >= 4 is 17.7 Å². The van der Waals surface area contributed by atoms with E-state index in [9.17, 15) is 9.90 Å². The van der Waals surface area contributed by atoms with Crippen molar-refractivity contribution < 1.29 is 9.90 Å². The van der Waals surface area contributed by atoms with E-state index in [0.29, 0.717) is 6.42 Å². The number of likely N-dealkylation sites (N-methyl/N-ethyl adjacent to an activating group) is 1. The molecule has 0 aliphatic carbocycles. The number of aliphatic carboxylic acids is 1. The van der Waals surface area contributed by atoms with Crippen LogP contribution in [-0.4, -0.2) is 35.8 Å². The zero-order valence-electron chi connectivity index (χ0n) is 9.43. The minimum atomic E-state index is -0.859. The van der Waals surface area contributed by atoms with Crippen LogP contribution in [0.15, 0.2) is 29.2 Å². The lowest BCUT2D eigenvalue weighted by Gasteiger charge is -2.40. The molecule has 16 heavy (non-hydrogen) atoms. The van der Waals surface area contributed by atoms with Crippen LogP contribution in [0.25, 0.3) is 0 Å². The fourth-order valence-corrected chi connectivity index (χ4v) is 3.44. The zero-order chi connectivity index (χ0) is 11.8. The number of benzene rings is 1. The molecule has 1 aliphatic heterocycles. The van der Waals surface area contributed by atoms with E-state index in [4.69, 9.17) is 0 Å². The van der Waals surface area contributed by atoms with E-state index in [-0.39, 0.29) is 0 Å². The van der Waals surface area contributed by atoms with E-state index in [2.05, 4.69) is 0 Å². The second kappa shape index (κ2) is 4.11. The SMILES string of the molecule is CN(C)C1(C(=O)O)CCSc2ccccc21. The number of carboxylic acids is 1. The van der Waals surface area contributed by atoms with E-state index >= 15 is 0 Å². The molecule has 1 unspecified atom stereocenters. The van der Waals surface area contributed by atoms with E-state index in [1.807, 2.05) is 43.3 Å². The Hall–Kier alpha value is -1.00. The van der Waals surface area contributed by atoms with E-state index < -0.39 is 11.5 Å². The molecular weight excluding hydrogens is 222 g/mol. The van der Waals surface area contributed by atoms with Gasteiger partial charge in [0.1, 0.15) is 5.54 Å². The maximum Gasteiger partial charge on any atom is 0.328 e. The minimum Gasteiger partial charge on any atom is -0.480 e. The van der Waals surface area contributed by atoms with Crippen molar-refractivity contribution in [3.63, 3.8) is 0 Å². The van der Waals surface area contributed by atoms with Gasteiger partial charge in [-0.3, -0.25) is 4.90 Å². The molecule has 4 heteroatoms. The predicted molar refractivity (Wildman–Crippen MR) is 64.8 cm³/mol. The van der Waals surface area contributed by atoms with Gasteiger partial charge in [0.25, 0.3) is 0 Å². The summed E-state index contributed by atoms with van der Waals surface area (Å²) in [6.07, 6.45) is 0.650. The largest absolute Gasteiger partial charge is 0.480 e. The summed E-state index contributed by atoms with van der Waals surface area (Å²) in [4.78, 5) is 14.5. The molecule has 0 bridgehead atoms. The van der Waals surface area contributed by atoms with Crippen molar-refractivity contribution in [1.82, 2.24) is 4.90 Å². The molecule has 2 rings (SSSR count). The average molecular weight is 237 g/mol. The van der Waals surface area contributed by atoms with Crippen molar-refractivity contribution in [2.45, 2.75) is 16.9 Å². The summed E-state index contributed by atoms with van der Waals surface area (Å²) < 4.78 is 0. The molecule has 0 saturated carbocycles. The number of hydrogen-bond acceptors (Lipinski definition) is 3. The quantitative estimate of drug-likeness (QED) is 0.854. The van der Waals surface area contributed by atoms with Crippen molar-refractivity contribution in [1.29, 1.82) is 0 Å². The molecule has 1 heterocycles. The molecule has 0 amide bonds. The summed E-state index contributed by atoms with van der Waals surface area (Å²) in [6, 6.07) is 7.79. The molecule has 3 nitrogen and oxygen atoms in total. The Kier molecular flexibility index (Phi) is 2.95. The van der Waals surface area contributed by atoms with E-state index in [0.717, 1.165) is 16.2 Å². The molecule has 0 fully saturated rings. The number of nitrogens with zero attached hydrogens (tertiary/aromatic N) is 1.